The Morgan fingerprint density at radius 2 is 2.20 bits per heavy atom. The molecule has 3 heterocycles. The van der Waals surface area contributed by atoms with Crippen LogP contribution in [0.1, 0.15) is 41.0 Å². The van der Waals surface area contributed by atoms with E-state index in [1.165, 1.54) is 6.07 Å². The number of halogens is 2. The fourth-order valence-electron chi connectivity index (χ4n) is 3.61. The number of carbonyl (C=O) groups is 1. The van der Waals surface area contributed by atoms with Crippen molar-refractivity contribution in [2.24, 2.45) is 0 Å². The average Bonchev–Trinajstić information content (AvgIpc) is 3.03. The number of fused-ring (bicyclic) bond motifs is 2. The molecule has 0 spiro atoms. The summed E-state index contributed by atoms with van der Waals surface area (Å²) < 4.78 is 16.0. The maximum atomic E-state index is 14.4. The van der Waals surface area contributed by atoms with Crippen molar-refractivity contribution in [3.63, 3.8) is 0 Å². The number of nitrogens with zero attached hydrogens (tertiary/aromatic N) is 3. The molecule has 0 bridgehead atoms. The van der Waals surface area contributed by atoms with E-state index in [9.17, 15) is 9.18 Å². The lowest BCUT2D eigenvalue weighted by molar-refractivity contribution is 0.0645. The number of rotatable bonds is 2. The zero-order valence-corrected chi connectivity index (χ0v) is 14.5. The Kier molecular flexibility index (Phi) is 3.96. The van der Waals surface area contributed by atoms with Gasteiger partial charge in [-0.3, -0.25) is 4.79 Å². The summed E-state index contributed by atoms with van der Waals surface area (Å²) in [4.78, 5) is 14.8. The predicted molar refractivity (Wildman–Crippen MR) is 94.4 cm³/mol. The van der Waals surface area contributed by atoms with Crippen LogP contribution in [0.15, 0.2) is 42.6 Å². The number of aromatic nitrogens is 2. The molecule has 3 aromatic rings. The molecule has 2 aromatic heterocycles. The first-order chi connectivity index (χ1) is 12.1. The third kappa shape index (κ3) is 2.68. The van der Waals surface area contributed by atoms with Gasteiger partial charge in [0.05, 0.1) is 16.6 Å². The molecule has 0 aliphatic carbocycles. The van der Waals surface area contributed by atoms with Gasteiger partial charge in [0.2, 0.25) is 0 Å². The molecular weight excluding hydrogens is 341 g/mol. The van der Waals surface area contributed by atoms with Crippen LogP contribution in [0.2, 0.25) is 5.02 Å². The normalized spacial score (nSPS) is 16.9. The van der Waals surface area contributed by atoms with Crippen LogP contribution in [0.25, 0.3) is 5.52 Å². The molecule has 1 amide bonds. The number of hydrogen-bond donors (Lipinski definition) is 0. The zero-order valence-electron chi connectivity index (χ0n) is 13.7. The molecule has 0 N–H and O–H groups in total. The number of amides is 1. The fraction of sp³-hybridized carbons (Fsp3) is 0.263. The summed E-state index contributed by atoms with van der Waals surface area (Å²) in [5.41, 5.74) is 2.76. The monoisotopic (exact) mass is 357 g/mol. The second-order valence-corrected chi connectivity index (χ2v) is 6.67. The highest BCUT2D eigenvalue weighted by Gasteiger charge is 2.33. The van der Waals surface area contributed by atoms with Crippen molar-refractivity contribution in [3.05, 3.63) is 70.3 Å². The largest absolute Gasteiger partial charge is 0.330 e. The molecule has 4 rings (SSSR count). The molecule has 1 aliphatic rings. The Morgan fingerprint density at radius 3 is 3.00 bits per heavy atom. The highest BCUT2D eigenvalue weighted by atomic mass is 35.5. The third-order valence-corrected chi connectivity index (χ3v) is 4.99. The molecule has 1 atom stereocenters. The van der Waals surface area contributed by atoms with Crippen molar-refractivity contribution < 1.29 is 9.18 Å². The van der Waals surface area contributed by atoms with Gasteiger partial charge in [-0.05, 0) is 42.7 Å². The van der Waals surface area contributed by atoms with Crippen LogP contribution in [-0.2, 0) is 6.42 Å². The Labute approximate surface area is 149 Å². The molecule has 0 saturated carbocycles. The van der Waals surface area contributed by atoms with E-state index in [0.29, 0.717) is 35.7 Å². The molecule has 1 aliphatic heterocycles. The van der Waals surface area contributed by atoms with Gasteiger partial charge >= 0.3 is 0 Å². The molecule has 1 unspecified atom stereocenters. The lowest BCUT2D eigenvalue weighted by Gasteiger charge is -2.36. The van der Waals surface area contributed by atoms with E-state index in [-0.39, 0.29) is 17.8 Å². The summed E-state index contributed by atoms with van der Waals surface area (Å²) >= 11 is 5.98. The summed E-state index contributed by atoms with van der Waals surface area (Å²) in [6, 6.07) is 10.2. The number of pyridine rings is 1. The maximum Gasteiger partial charge on any atom is 0.274 e. The van der Waals surface area contributed by atoms with Crippen LogP contribution in [-0.4, -0.2) is 27.0 Å². The van der Waals surface area contributed by atoms with Crippen molar-refractivity contribution in [1.82, 2.24) is 14.5 Å². The van der Waals surface area contributed by atoms with Gasteiger partial charge in [0.15, 0.2) is 5.69 Å². The minimum atomic E-state index is -0.272. The summed E-state index contributed by atoms with van der Waals surface area (Å²) in [5, 5.41) is 4.89. The molecule has 4 nitrogen and oxygen atoms in total. The lowest BCUT2D eigenvalue weighted by Crippen LogP contribution is -2.40. The van der Waals surface area contributed by atoms with Crippen LogP contribution in [0.3, 0.4) is 0 Å². The van der Waals surface area contributed by atoms with E-state index in [4.69, 9.17) is 11.6 Å². The minimum Gasteiger partial charge on any atom is -0.330 e. The minimum absolute atomic E-state index is 0.180. The second-order valence-electron chi connectivity index (χ2n) is 6.23. The van der Waals surface area contributed by atoms with Gasteiger partial charge in [-0.2, -0.15) is 5.10 Å². The van der Waals surface area contributed by atoms with Crippen LogP contribution >= 0.6 is 11.6 Å². The predicted octanol–water partition coefficient (Wildman–Crippen LogP) is 4.28. The second kappa shape index (κ2) is 6.15. The van der Waals surface area contributed by atoms with Crippen molar-refractivity contribution in [2.45, 2.75) is 25.8 Å². The van der Waals surface area contributed by atoms with E-state index in [0.717, 1.165) is 11.1 Å². The lowest BCUT2D eigenvalue weighted by atomic mass is 9.90. The molecule has 0 radical (unpaired) electrons. The van der Waals surface area contributed by atoms with Gasteiger partial charge < -0.3 is 4.90 Å². The molecule has 6 heteroatoms. The standard InChI is InChI=1S/C19H17ClFN3O/c1-2-17-18-12(4-3-5-15(18)21)8-9-23(17)19(25)16-10-14-7-6-13(20)11-24(14)22-16/h3-7,10-11,17H,2,8-9H2,1H3. The first-order valence-corrected chi connectivity index (χ1v) is 8.69. The Hall–Kier alpha value is -2.40. The summed E-state index contributed by atoms with van der Waals surface area (Å²) in [6.45, 7) is 2.53. The van der Waals surface area contributed by atoms with Crippen molar-refractivity contribution >= 4 is 23.0 Å². The molecule has 128 valence electrons. The zero-order chi connectivity index (χ0) is 17.6. The number of benzene rings is 1. The van der Waals surface area contributed by atoms with Crippen LogP contribution in [0, 0.1) is 5.82 Å². The average molecular weight is 358 g/mol. The molecule has 25 heavy (non-hydrogen) atoms. The van der Waals surface area contributed by atoms with E-state index in [2.05, 4.69) is 5.10 Å². The maximum absolute atomic E-state index is 14.4. The van der Waals surface area contributed by atoms with E-state index < -0.39 is 0 Å². The van der Waals surface area contributed by atoms with Gasteiger partial charge in [-0.1, -0.05) is 30.7 Å². The van der Waals surface area contributed by atoms with Crippen LogP contribution < -0.4 is 0 Å². The van der Waals surface area contributed by atoms with Gasteiger partial charge in [0.25, 0.3) is 5.91 Å². The van der Waals surface area contributed by atoms with Gasteiger partial charge in [-0.25, -0.2) is 8.91 Å². The summed E-state index contributed by atoms with van der Waals surface area (Å²) in [7, 11) is 0. The third-order valence-electron chi connectivity index (χ3n) is 4.76. The first kappa shape index (κ1) is 16.1. The van der Waals surface area contributed by atoms with E-state index in [1.54, 1.807) is 33.8 Å². The summed E-state index contributed by atoms with van der Waals surface area (Å²) in [6.07, 6.45) is 2.96. The topological polar surface area (TPSA) is 37.6 Å². The quantitative estimate of drug-likeness (QED) is 0.686. The highest BCUT2D eigenvalue weighted by molar-refractivity contribution is 6.30. The molecular formula is C19H17ClFN3O. The Bertz CT molecular complexity index is 968. The van der Waals surface area contributed by atoms with Gasteiger partial charge in [0.1, 0.15) is 5.82 Å². The number of hydrogen-bond acceptors (Lipinski definition) is 2. The molecule has 0 saturated heterocycles. The summed E-state index contributed by atoms with van der Waals surface area (Å²) in [5.74, 6) is -0.427. The van der Waals surface area contributed by atoms with Crippen molar-refractivity contribution in [2.75, 3.05) is 6.54 Å². The van der Waals surface area contributed by atoms with Crippen LogP contribution in [0.5, 0.6) is 0 Å². The highest BCUT2D eigenvalue weighted by Crippen LogP contribution is 2.34. The fourth-order valence-corrected chi connectivity index (χ4v) is 3.76. The van der Waals surface area contributed by atoms with Gasteiger partial charge in [0, 0.05) is 18.3 Å². The SMILES string of the molecule is CCC1c2c(F)cccc2CCN1C(=O)c1cc2ccc(Cl)cn2n1. The first-order valence-electron chi connectivity index (χ1n) is 8.31. The Morgan fingerprint density at radius 1 is 1.36 bits per heavy atom. The van der Waals surface area contributed by atoms with E-state index in [1.807, 2.05) is 19.1 Å². The Balaban J connectivity index is 1.72. The van der Waals surface area contributed by atoms with Crippen molar-refractivity contribution in [3.8, 4) is 0 Å². The van der Waals surface area contributed by atoms with Crippen molar-refractivity contribution in [1.29, 1.82) is 0 Å². The molecule has 1 aromatic carbocycles. The smallest absolute Gasteiger partial charge is 0.274 e. The van der Waals surface area contributed by atoms with Crippen LogP contribution in [0.4, 0.5) is 4.39 Å². The van der Waals surface area contributed by atoms with E-state index >= 15 is 0 Å². The number of carbonyl (C=O) groups excluding carboxylic acids is 1. The molecule has 0 fully saturated rings. The van der Waals surface area contributed by atoms with Gasteiger partial charge in [-0.15, -0.1) is 0 Å².